The lowest BCUT2D eigenvalue weighted by Crippen LogP contribution is -2.24. The van der Waals surface area contributed by atoms with Gasteiger partial charge in [0.2, 0.25) is 5.69 Å². The van der Waals surface area contributed by atoms with Crippen molar-refractivity contribution in [1.82, 2.24) is 20.1 Å². The summed E-state index contributed by atoms with van der Waals surface area (Å²) >= 11 is 6.11. The number of carbonyl (C=O) groups is 1. The van der Waals surface area contributed by atoms with Crippen molar-refractivity contribution in [3.63, 3.8) is 0 Å². The van der Waals surface area contributed by atoms with Crippen LogP contribution >= 0.6 is 11.6 Å². The van der Waals surface area contributed by atoms with Crippen LogP contribution < -0.4 is 5.32 Å². The highest BCUT2D eigenvalue weighted by Crippen LogP contribution is 2.29. The molecule has 0 saturated carbocycles. The average Bonchev–Trinajstić information content (AvgIpc) is 3.27. The fourth-order valence-electron chi connectivity index (χ4n) is 3.14. The maximum atomic E-state index is 14.6. The highest BCUT2D eigenvalue weighted by molar-refractivity contribution is 6.33. The van der Waals surface area contributed by atoms with E-state index in [1.807, 2.05) is 6.07 Å². The molecule has 2 aromatic heterocycles. The molecule has 0 fully saturated rings. The number of hydrogen-bond acceptors (Lipinski definition) is 3. The standard InChI is InChI=1S/C24H17ClFN5O/c1-27-22-8-7-17(13-19(22)25)21-9-11-31(30-21)15-16-5-6-18(20(26)12-16)14-29-24(32)23-4-2-3-10-28-23/h2-13H,14-15H2,(H,29,32). The van der Waals surface area contributed by atoms with Gasteiger partial charge in [-0.3, -0.25) is 14.5 Å². The van der Waals surface area contributed by atoms with Gasteiger partial charge in [0, 0.05) is 35.1 Å². The number of nitrogens with zero attached hydrogens (tertiary/aromatic N) is 4. The molecule has 1 N–H and O–H groups in total. The molecule has 2 aromatic carbocycles. The molecule has 0 atom stereocenters. The van der Waals surface area contributed by atoms with Crippen molar-refractivity contribution in [2.75, 3.05) is 0 Å². The molecule has 0 saturated heterocycles. The van der Waals surface area contributed by atoms with Gasteiger partial charge >= 0.3 is 0 Å². The monoisotopic (exact) mass is 445 g/mol. The molecule has 1 amide bonds. The largest absolute Gasteiger partial charge is 0.347 e. The van der Waals surface area contributed by atoms with Crippen molar-refractivity contribution >= 4 is 23.2 Å². The molecular weight excluding hydrogens is 429 g/mol. The summed E-state index contributed by atoms with van der Waals surface area (Å²) in [6, 6.07) is 16.9. The first-order valence-electron chi connectivity index (χ1n) is 9.71. The van der Waals surface area contributed by atoms with Gasteiger partial charge in [-0.1, -0.05) is 41.9 Å². The van der Waals surface area contributed by atoms with E-state index >= 15 is 0 Å². The summed E-state index contributed by atoms with van der Waals surface area (Å²) in [6.07, 6.45) is 3.33. The Morgan fingerprint density at radius 1 is 1.16 bits per heavy atom. The number of aromatic nitrogens is 3. The number of nitrogens with one attached hydrogen (secondary N) is 1. The minimum atomic E-state index is -0.405. The first-order chi connectivity index (χ1) is 15.5. The molecule has 0 radical (unpaired) electrons. The van der Waals surface area contributed by atoms with Crippen LogP contribution in [-0.4, -0.2) is 20.7 Å². The molecule has 0 spiro atoms. The van der Waals surface area contributed by atoms with Crippen LogP contribution in [0.25, 0.3) is 16.1 Å². The number of benzene rings is 2. The van der Waals surface area contributed by atoms with Gasteiger partial charge in [0.1, 0.15) is 11.5 Å². The predicted octanol–water partition coefficient (Wildman–Crippen LogP) is 5.27. The molecular formula is C24H17ClFN5O. The fraction of sp³-hybridized carbons (Fsp3) is 0.0833. The van der Waals surface area contributed by atoms with E-state index in [1.54, 1.807) is 59.4 Å². The van der Waals surface area contributed by atoms with Crippen LogP contribution in [0.1, 0.15) is 21.6 Å². The second-order valence-electron chi connectivity index (χ2n) is 7.00. The number of amides is 1. The number of halogens is 2. The number of carbonyl (C=O) groups excluding carboxylic acids is 1. The van der Waals surface area contributed by atoms with Gasteiger partial charge < -0.3 is 5.32 Å². The SMILES string of the molecule is [C-]#[N+]c1ccc(-c2ccn(Cc3ccc(CNC(=O)c4ccccn4)c(F)c3)n2)cc1Cl. The summed E-state index contributed by atoms with van der Waals surface area (Å²) in [5.74, 6) is -0.764. The van der Waals surface area contributed by atoms with Gasteiger partial charge in [-0.05, 0) is 35.9 Å². The second kappa shape index (κ2) is 9.41. The molecule has 0 unspecified atom stereocenters. The van der Waals surface area contributed by atoms with Crippen molar-refractivity contribution < 1.29 is 9.18 Å². The molecule has 32 heavy (non-hydrogen) atoms. The zero-order valence-corrected chi connectivity index (χ0v) is 17.6. The van der Waals surface area contributed by atoms with Crippen molar-refractivity contribution in [3.05, 3.63) is 112 Å². The summed E-state index contributed by atoms with van der Waals surface area (Å²) in [5, 5.41) is 7.56. The van der Waals surface area contributed by atoms with E-state index in [2.05, 4.69) is 20.2 Å². The maximum Gasteiger partial charge on any atom is 0.270 e. The molecule has 8 heteroatoms. The lowest BCUT2D eigenvalue weighted by molar-refractivity contribution is 0.0945. The van der Waals surface area contributed by atoms with Crippen LogP contribution in [0.3, 0.4) is 0 Å². The summed E-state index contributed by atoms with van der Waals surface area (Å²) in [4.78, 5) is 19.4. The molecule has 0 aliphatic rings. The molecule has 2 heterocycles. The van der Waals surface area contributed by atoms with Gasteiger partial charge in [0.25, 0.3) is 5.91 Å². The van der Waals surface area contributed by atoms with Crippen LogP contribution in [0.4, 0.5) is 10.1 Å². The molecule has 158 valence electrons. The topological polar surface area (TPSA) is 64.2 Å². The van der Waals surface area contributed by atoms with E-state index < -0.39 is 5.82 Å². The maximum absolute atomic E-state index is 14.6. The van der Waals surface area contributed by atoms with Crippen LogP contribution in [0.15, 0.2) is 73.1 Å². The fourth-order valence-corrected chi connectivity index (χ4v) is 3.37. The lowest BCUT2D eigenvalue weighted by atomic mass is 10.1. The summed E-state index contributed by atoms with van der Waals surface area (Å²) in [7, 11) is 0. The lowest BCUT2D eigenvalue weighted by Gasteiger charge is -2.08. The highest BCUT2D eigenvalue weighted by atomic mass is 35.5. The van der Waals surface area contributed by atoms with Crippen LogP contribution in [-0.2, 0) is 13.1 Å². The third-order valence-corrected chi connectivity index (χ3v) is 5.11. The Morgan fingerprint density at radius 3 is 2.75 bits per heavy atom. The number of pyridine rings is 1. The quantitative estimate of drug-likeness (QED) is 0.411. The first-order valence-corrected chi connectivity index (χ1v) is 10.1. The highest BCUT2D eigenvalue weighted by Gasteiger charge is 2.10. The van der Waals surface area contributed by atoms with Crippen molar-refractivity contribution in [1.29, 1.82) is 0 Å². The van der Waals surface area contributed by atoms with Gasteiger partial charge in [0.05, 0.1) is 18.8 Å². The van der Waals surface area contributed by atoms with Crippen molar-refractivity contribution in [2.24, 2.45) is 0 Å². The minimum absolute atomic E-state index is 0.0643. The molecule has 6 nitrogen and oxygen atoms in total. The third kappa shape index (κ3) is 4.82. The van der Waals surface area contributed by atoms with Crippen LogP contribution in [0.5, 0.6) is 0 Å². The van der Waals surface area contributed by atoms with E-state index in [-0.39, 0.29) is 18.1 Å². The Labute approximate surface area is 189 Å². The van der Waals surface area contributed by atoms with Gasteiger partial charge in [-0.2, -0.15) is 5.10 Å². The van der Waals surface area contributed by atoms with E-state index in [9.17, 15) is 9.18 Å². The van der Waals surface area contributed by atoms with E-state index in [0.717, 1.165) is 11.1 Å². The van der Waals surface area contributed by atoms with Gasteiger partial charge in [-0.25, -0.2) is 9.24 Å². The van der Waals surface area contributed by atoms with E-state index in [1.165, 1.54) is 12.3 Å². The molecule has 0 bridgehead atoms. The second-order valence-corrected chi connectivity index (χ2v) is 7.41. The number of rotatable bonds is 6. The Morgan fingerprint density at radius 2 is 2.03 bits per heavy atom. The summed E-state index contributed by atoms with van der Waals surface area (Å²) < 4.78 is 16.3. The number of hydrogen-bond donors (Lipinski definition) is 1. The van der Waals surface area contributed by atoms with Gasteiger partial charge in [-0.15, -0.1) is 0 Å². The normalized spacial score (nSPS) is 10.5. The van der Waals surface area contributed by atoms with Crippen LogP contribution in [0.2, 0.25) is 5.02 Å². The van der Waals surface area contributed by atoms with Crippen molar-refractivity contribution in [3.8, 4) is 11.3 Å². The Bertz CT molecular complexity index is 1310. The van der Waals surface area contributed by atoms with Crippen LogP contribution in [0, 0.1) is 12.4 Å². The summed E-state index contributed by atoms with van der Waals surface area (Å²) in [5.41, 5.74) is 3.29. The molecule has 0 aliphatic carbocycles. The van der Waals surface area contributed by atoms with E-state index in [0.29, 0.717) is 28.5 Å². The minimum Gasteiger partial charge on any atom is -0.347 e. The molecule has 0 aliphatic heterocycles. The smallest absolute Gasteiger partial charge is 0.270 e. The summed E-state index contributed by atoms with van der Waals surface area (Å²) in [6.45, 7) is 7.52. The van der Waals surface area contributed by atoms with Crippen molar-refractivity contribution in [2.45, 2.75) is 13.1 Å². The molecule has 4 rings (SSSR count). The predicted molar refractivity (Wildman–Crippen MR) is 120 cm³/mol. The first kappa shape index (κ1) is 21.2. The zero-order valence-electron chi connectivity index (χ0n) is 16.8. The Hall–Kier alpha value is -4.02. The van der Waals surface area contributed by atoms with Gasteiger partial charge in [0.15, 0.2) is 0 Å². The average molecular weight is 446 g/mol. The zero-order chi connectivity index (χ0) is 22.5. The molecule has 4 aromatic rings. The third-order valence-electron chi connectivity index (χ3n) is 4.80. The Kier molecular flexibility index (Phi) is 6.24. The Balaban J connectivity index is 1.41. The van der Waals surface area contributed by atoms with E-state index in [4.69, 9.17) is 18.2 Å².